The molecule has 1 heterocycles. The Morgan fingerprint density at radius 3 is 2.45 bits per heavy atom. The first-order chi connectivity index (χ1) is 9.63. The number of rotatable bonds is 2. The van der Waals surface area contributed by atoms with Crippen LogP contribution in [-0.4, -0.2) is 11.7 Å². The fraction of sp³-hybridized carbons (Fsp3) is 0.176. The maximum absolute atomic E-state index is 12.4. The summed E-state index contributed by atoms with van der Waals surface area (Å²) in [6.45, 7) is 2.00. The number of carbonyl (C=O) groups is 2. The molecular weight excluding hydrogens is 250 g/mol. The lowest BCUT2D eigenvalue weighted by atomic mass is 9.96. The molecule has 1 aliphatic heterocycles. The molecule has 1 amide bonds. The number of aryl methyl sites for hydroxylation is 2. The maximum Gasteiger partial charge on any atom is 0.224 e. The molecular formula is C17H15NO2. The third kappa shape index (κ3) is 2.35. The van der Waals surface area contributed by atoms with E-state index in [4.69, 9.17) is 0 Å². The molecule has 1 aliphatic rings. The monoisotopic (exact) mass is 265 g/mol. The topological polar surface area (TPSA) is 46.2 Å². The van der Waals surface area contributed by atoms with Gasteiger partial charge in [0.15, 0.2) is 5.78 Å². The second-order valence-corrected chi connectivity index (χ2v) is 5.12. The Balaban J connectivity index is 1.93. The molecule has 3 rings (SSSR count). The molecule has 0 aromatic heterocycles. The summed E-state index contributed by atoms with van der Waals surface area (Å²) in [6, 6.07) is 13.0. The van der Waals surface area contributed by atoms with Gasteiger partial charge in [-0.05, 0) is 37.1 Å². The highest BCUT2D eigenvalue weighted by atomic mass is 16.1. The highest BCUT2D eigenvalue weighted by Gasteiger charge is 2.17. The van der Waals surface area contributed by atoms with Crippen LogP contribution in [0, 0.1) is 6.92 Å². The van der Waals surface area contributed by atoms with Crippen molar-refractivity contribution in [1.82, 2.24) is 0 Å². The van der Waals surface area contributed by atoms with Crippen molar-refractivity contribution in [2.45, 2.75) is 19.8 Å². The largest absolute Gasteiger partial charge is 0.326 e. The van der Waals surface area contributed by atoms with Crippen LogP contribution >= 0.6 is 0 Å². The Bertz CT molecular complexity index is 687. The summed E-state index contributed by atoms with van der Waals surface area (Å²) in [5.74, 6) is 0.0554. The lowest BCUT2D eigenvalue weighted by molar-refractivity contribution is -0.116. The Kier molecular flexibility index (Phi) is 3.11. The number of fused-ring (bicyclic) bond motifs is 1. The van der Waals surface area contributed by atoms with E-state index >= 15 is 0 Å². The molecule has 0 fully saturated rings. The van der Waals surface area contributed by atoms with Crippen LogP contribution in [0.2, 0.25) is 0 Å². The van der Waals surface area contributed by atoms with Crippen molar-refractivity contribution >= 4 is 17.4 Å². The van der Waals surface area contributed by atoms with Crippen molar-refractivity contribution in [2.24, 2.45) is 0 Å². The lowest BCUT2D eigenvalue weighted by Crippen LogP contribution is -2.19. The van der Waals surface area contributed by atoms with E-state index < -0.39 is 0 Å². The van der Waals surface area contributed by atoms with E-state index in [1.54, 1.807) is 6.07 Å². The molecule has 0 spiro atoms. The van der Waals surface area contributed by atoms with Crippen LogP contribution < -0.4 is 5.32 Å². The van der Waals surface area contributed by atoms with Gasteiger partial charge in [-0.2, -0.15) is 0 Å². The average Bonchev–Trinajstić information content (AvgIpc) is 2.47. The number of ketones is 1. The van der Waals surface area contributed by atoms with Crippen LogP contribution in [-0.2, 0) is 11.2 Å². The van der Waals surface area contributed by atoms with Crippen LogP contribution in [0.1, 0.15) is 33.5 Å². The molecule has 0 aliphatic carbocycles. The van der Waals surface area contributed by atoms with Crippen LogP contribution in [0.15, 0.2) is 42.5 Å². The minimum Gasteiger partial charge on any atom is -0.326 e. The molecule has 0 unspecified atom stereocenters. The first-order valence-electron chi connectivity index (χ1n) is 6.67. The van der Waals surface area contributed by atoms with E-state index in [9.17, 15) is 9.59 Å². The second kappa shape index (κ2) is 4.93. The molecule has 3 heteroatoms. The fourth-order valence-corrected chi connectivity index (χ4v) is 2.40. The van der Waals surface area contributed by atoms with E-state index in [1.165, 1.54) is 0 Å². The predicted octanol–water partition coefficient (Wildman–Crippen LogP) is 3.11. The predicted molar refractivity (Wildman–Crippen MR) is 78.0 cm³/mol. The SMILES string of the molecule is Cc1ccc(C(=O)c2ccc3c(c2)CCC(=O)N3)cc1. The van der Waals surface area contributed by atoms with Gasteiger partial charge in [0.25, 0.3) is 0 Å². The first-order valence-corrected chi connectivity index (χ1v) is 6.67. The van der Waals surface area contributed by atoms with Gasteiger partial charge < -0.3 is 5.32 Å². The highest BCUT2D eigenvalue weighted by molar-refractivity contribution is 6.09. The number of carbonyl (C=O) groups excluding carboxylic acids is 2. The van der Waals surface area contributed by atoms with E-state index in [2.05, 4.69) is 5.32 Å². The van der Waals surface area contributed by atoms with Crippen LogP contribution in [0.3, 0.4) is 0 Å². The molecule has 0 atom stereocenters. The van der Waals surface area contributed by atoms with Crippen molar-refractivity contribution in [3.63, 3.8) is 0 Å². The van der Waals surface area contributed by atoms with Crippen LogP contribution in [0.4, 0.5) is 5.69 Å². The van der Waals surface area contributed by atoms with Gasteiger partial charge in [0.2, 0.25) is 5.91 Å². The zero-order valence-electron chi connectivity index (χ0n) is 11.3. The fourth-order valence-electron chi connectivity index (χ4n) is 2.40. The summed E-state index contributed by atoms with van der Waals surface area (Å²) in [5, 5.41) is 2.82. The molecule has 3 nitrogen and oxygen atoms in total. The van der Waals surface area contributed by atoms with Gasteiger partial charge in [-0.1, -0.05) is 29.8 Å². The van der Waals surface area contributed by atoms with Gasteiger partial charge in [-0.15, -0.1) is 0 Å². The summed E-state index contributed by atoms with van der Waals surface area (Å²) in [7, 11) is 0. The Labute approximate surface area is 117 Å². The summed E-state index contributed by atoms with van der Waals surface area (Å²) >= 11 is 0. The first kappa shape index (κ1) is 12.6. The maximum atomic E-state index is 12.4. The number of nitrogens with one attached hydrogen (secondary N) is 1. The zero-order valence-corrected chi connectivity index (χ0v) is 11.3. The zero-order chi connectivity index (χ0) is 14.1. The molecule has 0 saturated heterocycles. The van der Waals surface area contributed by atoms with Crippen molar-refractivity contribution in [3.8, 4) is 0 Å². The molecule has 0 radical (unpaired) electrons. The van der Waals surface area contributed by atoms with Crippen molar-refractivity contribution in [2.75, 3.05) is 5.32 Å². The van der Waals surface area contributed by atoms with E-state index in [0.29, 0.717) is 24.0 Å². The third-order valence-electron chi connectivity index (χ3n) is 3.58. The summed E-state index contributed by atoms with van der Waals surface area (Å²) in [4.78, 5) is 23.7. The quantitative estimate of drug-likeness (QED) is 0.848. The number of anilines is 1. The molecule has 20 heavy (non-hydrogen) atoms. The summed E-state index contributed by atoms with van der Waals surface area (Å²) < 4.78 is 0. The van der Waals surface area contributed by atoms with Gasteiger partial charge in [-0.25, -0.2) is 0 Å². The Hall–Kier alpha value is -2.42. The minimum atomic E-state index is 0.0182. The number of hydrogen-bond donors (Lipinski definition) is 1. The van der Waals surface area contributed by atoms with Crippen molar-refractivity contribution in [1.29, 1.82) is 0 Å². The number of amides is 1. The summed E-state index contributed by atoms with van der Waals surface area (Å²) in [6.07, 6.45) is 1.17. The van der Waals surface area contributed by atoms with Crippen molar-refractivity contribution < 1.29 is 9.59 Å². The minimum absolute atomic E-state index is 0.0182. The van der Waals surface area contributed by atoms with Gasteiger partial charge in [-0.3, -0.25) is 9.59 Å². The standard InChI is InChI=1S/C17H15NO2/c1-11-2-4-12(5-3-11)17(20)14-6-8-15-13(10-14)7-9-16(19)18-15/h2-6,8,10H,7,9H2,1H3,(H,18,19). The van der Waals surface area contributed by atoms with Gasteiger partial charge >= 0.3 is 0 Å². The highest BCUT2D eigenvalue weighted by Crippen LogP contribution is 2.24. The van der Waals surface area contributed by atoms with Crippen LogP contribution in [0.5, 0.6) is 0 Å². The smallest absolute Gasteiger partial charge is 0.224 e. The molecule has 0 bridgehead atoms. The lowest BCUT2D eigenvalue weighted by Gasteiger charge is -2.17. The molecule has 1 N–H and O–H groups in total. The van der Waals surface area contributed by atoms with Gasteiger partial charge in [0, 0.05) is 23.2 Å². The third-order valence-corrected chi connectivity index (χ3v) is 3.58. The summed E-state index contributed by atoms with van der Waals surface area (Å²) in [5.41, 5.74) is 4.35. The molecule has 0 saturated carbocycles. The molecule has 2 aromatic carbocycles. The van der Waals surface area contributed by atoms with Crippen LogP contribution in [0.25, 0.3) is 0 Å². The molecule has 100 valence electrons. The number of hydrogen-bond acceptors (Lipinski definition) is 2. The molecule has 2 aromatic rings. The number of benzene rings is 2. The van der Waals surface area contributed by atoms with Gasteiger partial charge in [0.1, 0.15) is 0 Å². The normalized spacial score (nSPS) is 13.6. The van der Waals surface area contributed by atoms with E-state index in [0.717, 1.165) is 16.8 Å². The second-order valence-electron chi connectivity index (χ2n) is 5.12. The van der Waals surface area contributed by atoms with Gasteiger partial charge in [0.05, 0.1) is 0 Å². The van der Waals surface area contributed by atoms with Crippen molar-refractivity contribution in [3.05, 3.63) is 64.7 Å². The van der Waals surface area contributed by atoms with E-state index in [1.807, 2.05) is 43.3 Å². The Morgan fingerprint density at radius 1 is 1.00 bits per heavy atom. The average molecular weight is 265 g/mol. The Morgan fingerprint density at radius 2 is 1.70 bits per heavy atom. The van der Waals surface area contributed by atoms with E-state index in [-0.39, 0.29) is 11.7 Å².